The third kappa shape index (κ3) is 2.90. The fraction of sp³-hybridized carbons (Fsp3) is 0.692. The zero-order chi connectivity index (χ0) is 13.9. The monoisotopic (exact) mass is 251 g/mol. The van der Waals surface area contributed by atoms with Crippen LogP contribution in [0.3, 0.4) is 0 Å². The predicted molar refractivity (Wildman–Crippen MR) is 76.8 cm³/mol. The van der Waals surface area contributed by atoms with Crippen LogP contribution >= 0.6 is 0 Å². The molecule has 0 aliphatic carbocycles. The highest BCUT2D eigenvalue weighted by molar-refractivity contribution is 5.58. The maximum atomic E-state index is 5.56. The van der Waals surface area contributed by atoms with Crippen LogP contribution in [-0.2, 0) is 5.41 Å². The summed E-state index contributed by atoms with van der Waals surface area (Å²) in [5.41, 5.74) is 3.57. The standard InChI is InChI=1S/C13H25N5/c1-7-18(8-2)11-9(3)10(17-14)15-12(16-11)13(4,5)6/h7-8,14H2,1-6H3,(H,15,16,17). The van der Waals surface area contributed by atoms with Gasteiger partial charge in [-0.25, -0.2) is 15.8 Å². The number of hydrogen-bond acceptors (Lipinski definition) is 5. The number of hydrazine groups is 1. The van der Waals surface area contributed by atoms with Gasteiger partial charge in [0.25, 0.3) is 0 Å². The molecule has 0 aromatic carbocycles. The van der Waals surface area contributed by atoms with Crippen LogP contribution in [0, 0.1) is 6.92 Å². The Labute approximate surface area is 110 Å². The maximum absolute atomic E-state index is 5.56. The van der Waals surface area contributed by atoms with Crippen LogP contribution in [-0.4, -0.2) is 23.1 Å². The van der Waals surface area contributed by atoms with Crippen molar-refractivity contribution in [3.8, 4) is 0 Å². The second kappa shape index (κ2) is 5.52. The van der Waals surface area contributed by atoms with Crippen LogP contribution in [0.1, 0.15) is 46.0 Å². The van der Waals surface area contributed by atoms with Crippen LogP contribution in [0.25, 0.3) is 0 Å². The number of aromatic nitrogens is 2. The number of hydrogen-bond donors (Lipinski definition) is 2. The van der Waals surface area contributed by atoms with Crippen LogP contribution in [0.15, 0.2) is 0 Å². The lowest BCUT2D eigenvalue weighted by atomic mass is 9.95. The molecule has 18 heavy (non-hydrogen) atoms. The third-order valence-electron chi connectivity index (χ3n) is 2.99. The Balaban J connectivity index is 3.40. The van der Waals surface area contributed by atoms with Gasteiger partial charge < -0.3 is 10.3 Å². The first-order valence-corrected chi connectivity index (χ1v) is 6.45. The van der Waals surface area contributed by atoms with Crippen molar-refractivity contribution in [1.82, 2.24) is 9.97 Å². The van der Waals surface area contributed by atoms with E-state index in [4.69, 9.17) is 10.8 Å². The molecule has 0 bridgehead atoms. The number of anilines is 2. The molecule has 102 valence electrons. The zero-order valence-corrected chi connectivity index (χ0v) is 12.3. The summed E-state index contributed by atoms with van der Waals surface area (Å²) in [6.07, 6.45) is 0. The molecule has 1 rings (SSSR count). The molecule has 0 amide bonds. The third-order valence-corrected chi connectivity index (χ3v) is 2.99. The van der Waals surface area contributed by atoms with Crippen LogP contribution in [0.5, 0.6) is 0 Å². The first-order chi connectivity index (χ1) is 8.35. The first-order valence-electron chi connectivity index (χ1n) is 6.45. The van der Waals surface area contributed by atoms with Gasteiger partial charge in [-0.3, -0.25) is 0 Å². The summed E-state index contributed by atoms with van der Waals surface area (Å²) < 4.78 is 0. The molecule has 5 heteroatoms. The van der Waals surface area contributed by atoms with Crippen molar-refractivity contribution in [3.05, 3.63) is 11.4 Å². The Morgan fingerprint density at radius 1 is 1.17 bits per heavy atom. The zero-order valence-electron chi connectivity index (χ0n) is 12.3. The molecule has 0 saturated carbocycles. The molecule has 0 fully saturated rings. The summed E-state index contributed by atoms with van der Waals surface area (Å²) in [4.78, 5) is 11.4. The summed E-state index contributed by atoms with van der Waals surface area (Å²) in [6.45, 7) is 14.4. The van der Waals surface area contributed by atoms with Crippen molar-refractivity contribution in [1.29, 1.82) is 0 Å². The molecule has 0 saturated heterocycles. The van der Waals surface area contributed by atoms with Crippen molar-refractivity contribution >= 4 is 11.6 Å². The van der Waals surface area contributed by atoms with Gasteiger partial charge in [-0.15, -0.1) is 0 Å². The fourth-order valence-corrected chi connectivity index (χ4v) is 1.81. The van der Waals surface area contributed by atoms with Crippen LogP contribution in [0.4, 0.5) is 11.6 Å². The minimum atomic E-state index is -0.0960. The van der Waals surface area contributed by atoms with Gasteiger partial charge in [-0.1, -0.05) is 20.8 Å². The largest absolute Gasteiger partial charge is 0.357 e. The summed E-state index contributed by atoms with van der Waals surface area (Å²) in [5.74, 6) is 8.04. The number of nitrogens with two attached hydrogens (primary N) is 1. The average Bonchev–Trinajstić information content (AvgIpc) is 2.31. The van der Waals surface area contributed by atoms with Gasteiger partial charge in [0.05, 0.1) is 0 Å². The second-order valence-electron chi connectivity index (χ2n) is 5.41. The summed E-state index contributed by atoms with van der Waals surface area (Å²) in [6, 6.07) is 0. The fourth-order valence-electron chi connectivity index (χ4n) is 1.81. The van der Waals surface area contributed by atoms with Crippen molar-refractivity contribution in [2.24, 2.45) is 5.84 Å². The van der Waals surface area contributed by atoms with Crippen molar-refractivity contribution in [2.75, 3.05) is 23.4 Å². The lowest BCUT2D eigenvalue weighted by Gasteiger charge is -2.26. The molecule has 5 nitrogen and oxygen atoms in total. The maximum Gasteiger partial charge on any atom is 0.148 e. The molecular formula is C13H25N5. The van der Waals surface area contributed by atoms with E-state index in [2.05, 4.69) is 49.9 Å². The number of nitrogen functional groups attached to an aromatic ring is 1. The highest BCUT2D eigenvalue weighted by atomic mass is 15.3. The summed E-state index contributed by atoms with van der Waals surface area (Å²) in [7, 11) is 0. The van der Waals surface area contributed by atoms with Gasteiger partial charge >= 0.3 is 0 Å². The van der Waals surface area contributed by atoms with Crippen LogP contribution in [0.2, 0.25) is 0 Å². The Morgan fingerprint density at radius 2 is 1.72 bits per heavy atom. The normalized spacial score (nSPS) is 11.5. The second-order valence-corrected chi connectivity index (χ2v) is 5.41. The molecule has 0 spiro atoms. The minimum Gasteiger partial charge on any atom is -0.357 e. The van der Waals surface area contributed by atoms with E-state index < -0.39 is 0 Å². The Morgan fingerprint density at radius 3 is 2.11 bits per heavy atom. The van der Waals surface area contributed by atoms with Crippen LogP contribution < -0.4 is 16.2 Å². The summed E-state index contributed by atoms with van der Waals surface area (Å²) >= 11 is 0. The predicted octanol–water partition coefficient (Wildman–Crippen LogP) is 2.21. The smallest absolute Gasteiger partial charge is 0.148 e. The van der Waals surface area contributed by atoms with E-state index in [1.165, 1.54) is 0 Å². The molecule has 0 radical (unpaired) electrons. The van der Waals surface area contributed by atoms with Crippen molar-refractivity contribution in [3.63, 3.8) is 0 Å². The van der Waals surface area contributed by atoms with E-state index in [-0.39, 0.29) is 5.41 Å². The Kier molecular flexibility index (Phi) is 4.51. The van der Waals surface area contributed by atoms with Crippen molar-refractivity contribution in [2.45, 2.75) is 47.0 Å². The van der Waals surface area contributed by atoms with Gasteiger partial charge in [0, 0.05) is 24.1 Å². The molecule has 0 aliphatic heterocycles. The lowest BCUT2D eigenvalue weighted by molar-refractivity contribution is 0.544. The average molecular weight is 251 g/mol. The van der Waals surface area contributed by atoms with E-state index in [1.807, 2.05) is 6.92 Å². The highest BCUT2D eigenvalue weighted by Gasteiger charge is 2.22. The van der Waals surface area contributed by atoms with E-state index >= 15 is 0 Å². The molecule has 0 unspecified atom stereocenters. The van der Waals surface area contributed by atoms with Gasteiger partial charge in [0.15, 0.2) is 0 Å². The number of rotatable bonds is 4. The molecule has 1 aromatic rings. The minimum absolute atomic E-state index is 0.0960. The van der Waals surface area contributed by atoms with Gasteiger partial charge in [-0.05, 0) is 20.8 Å². The van der Waals surface area contributed by atoms with Gasteiger partial charge in [-0.2, -0.15) is 0 Å². The first kappa shape index (κ1) is 14.7. The van der Waals surface area contributed by atoms with E-state index in [0.29, 0.717) is 5.82 Å². The van der Waals surface area contributed by atoms with Crippen molar-refractivity contribution < 1.29 is 0 Å². The highest BCUT2D eigenvalue weighted by Crippen LogP contribution is 2.27. The summed E-state index contributed by atoms with van der Waals surface area (Å²) in [5, 5.41) is 0. The molecule has 0 aliphatic rings. The number of nitrogens with one attached hydrogen (secondary N) is 1. The Hall–Kier alpha value is -1.36. The van der Waals surface area contributed by atoms with E-state index in [9.17, 15) is 0 Å². The molecule has 1 aromatic heterocycles. The lowest BCUT2D eigenvalue weighted by Crippen LogP contribution is -2.28. The Bertz CT molecular complexity index is 405. The molecule has 0 atom stereocenters. The van der Waals surface area contributed by atoms with E-state index in [0.717, 1.165) is 30.3 Å². The van der Waals surface area contributed by atoms with Gasteiger partial charge in [0.2, 0.25) is 0 Å². The van der Waals surface area contributed by atoms with Gasteiger partial charge in [0.1, 0.15) is 17.5 Å². The topological polar surface area (TPSA) is 67.1 Å². The number of nitrogens with zero attached hydrogens (tertiary/aromatic N) is 3. The molecule has 1 heterocycles. The quantitative estimate of drug-likeness (QED) is 0.634. The molecule has 3 N–H and O–H groups in total. The SMILES string of the molecule is CCN(CC)c1nc(C(C)(C)C)nc(NN)c1C. The molecular weight excluding hydrogens is 226 g/mol. The van der Waals surface area contributed by atoms with E-state index in [1.54, 1.807) is 0 Å².